The number of aliphatic imine (C=N–C) groups is 1. The maximum atomic E-state index is 9.08. The summed E-state index contributed by atoms with van der Waals surface area (Å²) >= 11 is 0. The van der Waals surface area contributed by atoms with E-state index >= 15 is 0 Å². The lowest BCUT2D eigenvalue weighted by molar-refractivity contribution is 0.571. The molecule has 2 aromatic carbocycles. The number of hydrogen-bond acceptors (Lipinski definition) is 2. The second-order valence-electron chi connectivity index (χ2n) is 5.99. The molecule has 0 aromatic heterocycles. The van der Waals surface area contributed by atoms with Gasteiger partial charge >= 0.3 is 0 Å². The number of nitrogens with zero attached hydrogens (tertiary/aromatic N) is 3. The highest BCUT2D eigenvalue weighted by Gasteiger charge is 2.36. The van der Waals surface area contributed by atoms with E-state index in [2.05, 4.69) is 47.3 Å². The molecule has 1 aliphatic rings. The number of rotatable bonds is 1. The Hall–Kier alpha value is -2.80. The highest BCUT2D eigenvalue weighted by atomic mass is 15.3. The molecule has 1 heterocycles. The summed E-state index contributed by atoms with van der Waals surface area (Å²) in [5, 5.41) is 11.8. The topological polar surface area (TPSA) is 51.4 Å². The van der Waals surface area contributed by atoms with Crippen molar-refractivity contribution in [2.45, 2.75) is 19.3 Å². The second kappa shape index (κ2) is 5.53. The Labute approximate surface area is 130 Å². The number of benzene rings is 2. The van der Waals surface area contributed by atoms with E-state index in [9.17, 15) is 0 Å². The molecule has 0 unspecified atom stereocenters. The van der Waals surface area contributed by atoms with Crippen LogP contribution in [0.3, 0.4) is 0 Å². The summed E-state index contributed by atoms with van der Waals surface area (Å²) in [4.78, 5) is 6.68. The molecule has 0 saturated carbocycles. The Morgan fingerprint density at radius 1 is 1.14 bits per heavy atom. The Morgan fingerprint density at radius 2 is 1.82 bits per heavy atom. The van der Waals surface area contributed by atoms with Gasteiger partial charge in [-0.15, -0.1) is 0 Å². The first kappa shape index (κ1) is 14.2. The standard InChI is InChI=1S/C18H18N4/c1-18(2)12-22(16-11-7-6-10-15(16)18)17(20-13-19)21-14-8-4-3-5-9-14/h3-11H,12H2,1-2H3,(H,20,21). The van der Waals surface area contributed by atoms with Crippen molar-refractivity contribution < 1.29 is 0 Å². The van der Waals surface area contributed by atoms with Crippen molar-refractivity contribution in [2.24, 2.45) is 4.99 Å². The SMILES string of the molecule is CC1(C)CN(C(=Nc2ccccc2)NC#N)c2ccccc21. The van der Waals surface area contributed by atoms with Crippen molar-refractivity contribution >= 4 is 17.3 Å². The molecule has 4 heteroatoms. The van der Waals surface area contributed by atoms with Gasteiger partial charge in [0.1, 0.15) is 0 Å². The molecule has 0 saturated heterocycles. The molecule has 3 rings (SSSR count). The minimum absolute atomic E-state index is 0.0190. The molecule has 0 amide bonds. The van der Waals surface area contributed by atoms with Gasteiger partial charge in [-0.05, 0) is 23.8 Å². The summed E-state index contributed by atoms with van der Waals surface area (Å²) in [5.41, 5.74) is 3.22. The monoisotopic (exact) mass is 290 g/mol. The number of fused-ring (bicyclic) bond motifs is 1. The van der Waals surface area contributed by atoms with Crippen molar-refractivity contribution in [2.75, 3.05) is 11.4 Å². The number of guanidine groups is 1. The Morgan fingerprint density at radius 3 is 2.55 bits per heavy atom. The van der Waals surface area contributed by atoms with Gasteiger partial charge in [-0.1, -0.05) is 50.2 Å². The van der Waals surface area contributed by atoms with Crippen molar-refractivity contribution in [1.82, 2.24) is 5.32 Å². The average Bonchev–Trinajstić information content (AvgIpc) is 2.80. The van der Waals surface area contributed by atoms with Crippen LogP contribution in [0.15, 0.2) is 59.6 Å². The van der Waals surface area contributed by atoms with Crippen LogP contribution < -0.4 is 10.2 Å². The van der Waals surface area contributed by atoms with Gasteiger partial charge in [0.05, 0.1) is 5.69 Å². The third-order valence-corrected chi connectivity index (χ3v) is 3.89. The lowest BCUT2D eigenvalue weighted by Gasteiger charge is -2.22. The van der Waals surface area contributed by atoms with Gasteiger partial charge in [0.25, 0.3) is 0 Å². The predicted octanol–water partition coefficient (Wildman–Crippen LogP) is 3.54. The quantitative estimate of drug-likeness (QED) is 0.378. The molecule has 4 nitrogen and oxygen atoms in total. The van der Waals surface area contributed by atoms with E-state index in [1.807, 2.05) is 42.6 Å². The highest BCUT2D eigenvalue weighted by molar-refractivity contribution is 6.00. The Balaban J connectivity index is 2.05. The fraction of sp³-hybridized carbons (Fsp3) is 0.222. The van der Waals surface area contributed by atoms with E-state index in [1.54, 1.807) is 0 Å². The van der Waals surface area contributed by atoms with Gasteiger partial charge in [-0.3, -0.25) is 5.32 Å². The van der Waals surface area contributed by atoms with Crippen LogP contribution in [0.2, 0.25) is 0 Å². The number of hydrogen-bond donors (Lipinski definition) is 1. The van der Waals surface area contributed by atoms with Gasteiger partial charge in [0.15, 0.2) is 6.19 Å². The number of nitrogens with one attached hydrogen (secondary N) is 1. The minimum Gasteiger partial charge on any atom is -0.310 e. The van der Waals surface area contributed by atoms with Crippen LogP contribution in [-0.2, 0) is 5.41 Å². The van der Waals surface area contributed by atoms with E-state index in [0.29, 0.717) is 5.96 Å². The molecule has 0 fully saturated rings. The zero-order valence-corrected chi connectivity index (χ0v) is 12.7. The molecule has 0 spiro atoms. The number of nitriles is 1. The summed E-state index contributed by atoms with van der Waals surface area (Å²) in [6, 6.07) is 17.9. The number of para-hydroxylation sites is 2. The van der Waals surface area contributed by atoms with Crippen molar-refractivity contribution in [3.63, 3.8) is 0 Å². The lowest BCUT2D eigenvalue weighted by Crippen LogP contribution is -2.40. The molecule has 1 aliphatic heterocycles. The van der Waals surface area contributed by atoms with Gasteiger partial charge in [0.2, 0.25) is 5.96 Å². The molecule has 0 atom stereocenters. The van der Waals surface area contributed by atoms with Crippen LogP contribution >= 0.6 is 0 Å². The molecular weight excluding hydrogens is 272 g/mol. The summed E-state index contributed by atoms with van der Waals surface area (Å²) in [6.07, 6.45) is 2.00. The second-order valence-corrected chi connectivity index (χ2v) is 5.99. The van der Waals surface area contributed by atoms with Crippen LogP contribution in [0.1, 0.15) is 19.4 Å². The van der Waals surface area contributed by atoms with Crippen molar-refractivity contribution in [3.05, 3.63) is 60.2 Å². The summed E-state index contributed by atoms with van der Waals surface area (Å²) < 4.78 is 0. The third kappa shape index (κ3) is 2.53. The van der Waals surface area contributed by atoms with Gasteiger partial charge in [-0.25, -0.2) is 4.99 Å². The predicted molar refractivity (Wildman–Crippen MR) is 89.1 cm³/mol. The number of anilines is 1. The van der Waals surface area contributed by atoms with Crippen molar-refractivity contribution in [3.8, 4) is 6.19 Å². The normalized spacial score (nSPS) is 16.0. The molecule has 1 N–H and O–H groups in total. The molecule has 0 radical (unpaired) electrons. The Kier molecular flexibility index (Phi) is 3.56. The maximum Gasteiger partial charge on any atom is 0.217 e. The Bertz CT molecular complexity index is 741. The summed E-state index contributed by atoms with van der Waals surface area (Å²) in [5.74, 6) is 0.562. The van der Waals surface area contributed by atoms with Crippen molar-refractivity contribution in [1.29, 1.82) is 5.26 Å². The van der Waals surface area contributed by atoms with Crippen LogP contribution in [0.5, 0.6) is 0 Å². The molecule has 110 valence electrons. The van der Waals surface area contributed by atoms with Crippen LogP contribution in [0.25, 0.3) is 0 Å². The smallest absolute Gasteiger partial charge is 0.217 e. The van der Waals surface area contributed by atoms with Crippen LogP contribution in [0, 0.1) is 11.5 Å². The molecule has 2 aromatic rings. The van der Waals surface area contributed by atoms with E-state index in [4.69, 9.17) is 5.26 Å². The first-order valence-electron chi connectivity index (χ1n) is 7.28. The fourth-order valence-electron chi connectivity index (χ4n) is 2.87. The first-order chi connectivity index (χ1) is 10.6. The summed E-state index contributed by atoms with van der Waals surface area (Å²) in [7, 11) is 0. The maximum absolute atomic E-state index is 9.08. The zero-order chi connectivity index (χ0) is 15.6. The first-order valence-corrected chi connectivity index (χ1v) is 7.28. The van der Waals surface area contributed by atoms with E-state index in [0.717, 1.165) is 17.9 Å². The highest BCUT2D eigenvalue weighted by Crippen LogP contribution is 2.40. The molecule has 0 aliphatic carbocycles. The molecule has 0 bridgehead atoms. The minimum atomic E-state index is 0.0190. The van der Waals surface area contributed by atoms with Gasteiger partial charge < -0.3 is 4.90 Å². The zero-order valence-electron chi connectivity index (χ0n) is 12.7. The lowest BCUT2D eigenvalue weighted by atomic mass is 9.87. The fourth-order valence-corrected chi connectivity index (χ4v) is 2.87. The third-order valence-electron chi connectivity index (χ3n) is 3.89. The summed E-state index contributed by atoms with van der Waals surface area (Å²) in [6.45, 7) is 5.20. The van der Waals surface area contributed by atoms with Gasteiger partial charge in [-0.2, -0.15) is 5.26 Å². The van der Waals surface area contributed by atoms with E-state index < -0.39 is 0 Å². The average molecular weight is 290 g/mol. The van der Waals surface area contributed by atoms with E-state index in [-0.39, 0.29) is 5.41 Å². The molecule has 22 heavy (non-hydrogen) atoms. The largest absolute Gasteiger partial charge is 0.310 e. The van der Waals surface area contributed by atoms with Gasteiger partial charge in [0, 0.05) is 17.6 Å². The van der Waals surface area contributed by atoms with E-state index in [1.165, 1.54) is 5.56 Å². The molecular formula is C18H18N4. The van der Waals surface area contributed by atoms with Crippen LogP contribution in [-0.4, -0.2) is 12.5 Å². The van der Waals surface area contributed by atoms with Crippen LogP contribution in [0.4, 0.5) is 11.4 Å².